The van der Waals surface area contributed by atoms with Gasteiger partial charge < -0.3 is 10.0 Å². The molecule has 0 radical (unpaired) electrons. The smallest absolute Gasteiger partial charge is 0.376 e. The first-order chi connectivity index (χ1) is 18.0. The third kappa shape index (κ3) is 6.03. The van der Waals surface area contributed by atoms with E-state index in [4.69, 9.17) is 11.6 Å². The van der Waals surface area contributed by atoms with E-state index in [2.05, 4.69) is 0 Å². The lowest BCUT2D eigenvalue weighted by Crippen LogP contribution is -2.44. The van der Waals surface area contributed by atoms with Crippen LogP contribution in [0.15, 0.2) is 72.8 Å². The molecule has 2 unspecified atom stereocenters. The van der Waals surface area contributed by atoms with Gasteiger partial charge in [-0.15, -0.1) is 0 Å². The number of carbonyl (C=O) groups excluding carboxylic acids is 1. The standard InChI is InChI=1S/C30H28ClF3N2O2/c1-29(38,25-8-3-2-4-9-25)28(37)36-14-13-23(19-36)24(15-20-11-12-22(18-35)27(31)16-20)17-21-7-5-6-10-26(21)30(32,33)34/h2-12,16,23-24,38H,13-15,17,19H2,1H3/t23-,24?,29?/m0/s1. The summed E-state index contributed by atoms with van der Waals surface area (Å²) in [5, 5.41) is 20.5. The fourth-order valence-corrected chi connectivity index (χ4v) is 5.54. The van der Waals surface area contributed by atoms with Gasteiger partial charge in [0.25, 0.3) is 5.91 Å². The molecule has 0 saturated carbocycles. The zero-order valence-electron chi connectivity index (χ0n) is 20.9. The van der Waals surface area contributed by atoms with Gasteiger partial charge in [0.2, 0.25) is 0 Å². The highest BCUT2D eigenvalue weighted by molar-refractivity contribution is 6.31. The van der Waals surface area contributed by atoms with Crippen molar-refractivity contribution in [1.29, 1.82) is 5.26 Å². The summed E-state index contributed by atoms with van der Waals surface area (Å²) in [4.78, 5) is 14.9. The predicted molar refractivity (Wildman–Crippen MR) is 139 cm³/mol. The SMILES string of the molecule is CC(O)(C(=O)N1CC[C@H](C(Cc2ccc(C#N)c(Cl)c2)Cc2ccccc2C(F)(F)F)C1)c1ccccc1. The molecule has 3 aromatic carbocycles. The monoisotopic (exact) mass is 540 g/mol. The Balaban J connectivity index is 1.61. The lowest BCUT2D eigenvalue weighted by molar-refractivity contribution is -0.149. The third-order valence-electron chi connectivity index (χ3n) is 7.39. The van der Waals surface area contributed by atoms with Crippen LogP contribution in [0.1, 0.15) is 41.2 Å². The number of halogens is 4. The van der Waals surface area contributed by atoms with Crippen molar-refractivity contribution in [1.82, 2.24) is 4.90 Å². The van der Waals surface area contributed by atoms with Crippen molar-refractivity contribution in [3.63, 3.8) is 0 Å². The van der Waals surface area contributed by atoms with Crippen LogP contribution in [0.3, 0.4) is 0 Å². The van der Waals surface area contributed by atoms with Crippen molar-refractivity contribution in [2.45, 2.75) is 38.0 Å². The van der Waals surface area contributed by atoms with Crippen LogP contribution in [-0.2, 0) is 29.4 Å². The molecule has 1 aliphatic heterocycles. The predicted octanol–water partition coefficient (Wildman–Crippen LogP) is 6.39. The largest absolute Gasteiger partial charge is 0.416 e. The molecule has 4 rings (SSSR count). The molecule has 4 nitrogen and oxygen atoms in total. The van der Waals surface area contributed by atoms with Gasteiger partial charge in [0, 0.05) is 13.1 Å². The van der Waals surface area contributed by atoms with Gasteiger partial charge in [-0.3, -0.25) is 4.79 Å². The molecular formula is C30H28ClF3N2O2. The number of aliphatic hydroxyl groups is 1. The van der Waals surface area contributed by atoms with Gasteiger partial charge in [-0.25, -0.2) is 0 Å². The molecule has 0 aliphatic carbocycles. The molecule has 1 amide bonds. The fraction of sp³-hybridized carbons (Fsp3) is 0.333. The first kappa shape index (κ1) is 27.7. The second kappa shape index (κ2) is 11.2. The van der Waals surface area contributed by atoms with Crippen molar-refractivity contribution in [2.24, 2.45) is 11.8 Å². The zero-order valence-corrected chi connectivity index (χ0v) is 21.6. The number of hydrogen-bond acceptors (Lipinski definition) is 3. The van der Waals surface area contributed by atoms with Gasteiger partial charge in [0.15, 0.2) is 5.60 Å². The van der Waals surface area contributed by atoms with Crippen molar-refractivity contribution in [3.05, 3.63) is 106 Å². The number of carbonyl (C=O) groups is 1. The Labute approximate surface area is 225 Å². The molecule has 1 aliphatic rings. The summed E-state index contributed by atoms with van der Waals surface area (Å²) in [6.45, 7) is 2.19. The minimum Gasteiger partial charge on any atom is -0.376 e. The second-order valence-corrected chi connectivity index (χ2v) is 10.4. The average molecular weight is 541 g/mol. The second-order valence-electron chi connectivity index (χ2n) is 9.99. The lowest BCUT2D eigenvalue weighted by Gasteiger charge is -2.30. The molecule has 0 bridgehead atoms. The number of nitriles is 1. The molecule has 0 spiro atoms. The quantitative estimate of drug-likeness (QED) is 0.378. The molecule has 38 heavy (non-hydrogen) atoms. The summed E-state index contributed by atoms with van der Waals surface area (Å²) < 4.78 is 41.3. The van der Waals surface area contributed by atoms with E-state index < -0.39 is 23.2 Å². The molecular weight excluding hydrogens is 513 g/mol. The van der Waals surface area contributed by atoms with E-state index in [1.54, 1.807) is 59.5 Å². The van der Waals surface area contributed by atoms with Gasteiger partial charge >= 0.3 is 6.18 Å². The number of amides is 1. The number of hydrogen-bond donors (Lipinski definition) is 1. The maximum absolute atomic E-state index is 13.8. The number of alkyl halides is 3. The van der Waals surface area contributed by atoms with Gasteiger partial charge in [-0.1, -0.05) is 66.2 Å². The van der Waals surface area contributed by atoms with Crippen LogP contribution in [0.25, 0.3) is 0 Å². The van der Waals surface area contributed by atoms with Crippen molar-refractivity contribution >= 4 is 17.5 Å². The summed E-state index contributed by atoms with van der Waals surface area (Å²) in [6, 6.07) is 21.3. The Morgan fingerprint density at radius 2 is 1.79 bits per heavy atom. The van der Waals surface area contributed by atoms with Crippen LogP contribution in [0, 0.1) is 23.2 Å². The van der Waals surface area contributed by atoms with E-state index in [9.17, 15) is 28.3 Å². The van der Waals surface area contributed by atoms with E-state index in [0.717, 1.165) is 11.6 Å². The summed E-state index contributed by atoms with van der Waals surface area (Å²) in [5.74, 6) is -0.759. The van der Waals surface area contributed by atoms with Gasteiger partial charge in [-0.2, -0.15) is 18.4 Å². The minimum absolute atomic E-state index is 0.0961. The molecule has 3 aromatic rings. The molecule has 1 N–H and O–H groups in total. The molecule has 0 aromatic heterocycles. The van der Waals surface area contributed by atoms with E-state index in [0.29, 0.717) is 42.1 Å². The minimum atomic E-state index is -4.48. The molecule has 8 heteroatoms. The highest BCUT2D eigenvalue weighted by Crippen LogP contribution is 2.37. The van der Waals surface area contributed by atoms with Gasteiger partial charge in [0.1, 0.15) is 6.07 Å². The topological polar surface area (TPSA) is 64.3 Å². The fourth-order valence-electron chi connectivity index (χ4n) is 5.29. The maximum atomic E-state index is 13.8. The summed E-state index contributed by atoms with van der Waals surface area (Å²) in [5.41, 5.74) is -0.558. The Bertz CT molecular complexity index is 1340. The van der Waals surface area contributed by atoms with E-state index in [1.165, 1.54) is 19.1 Å². The summed E-state index contributed by atoms with van der Waals surface area (Å²) in [7, 11) is 0. The van der Waals surface area contributed by atoms with E-state index >= 15 is 0 Å². The Kier molecular flexibility index (Phi) is 8.15. The molecule has 1 fully saturated rings. The zero-order chi connectivity index (χ0) is 27.5. The molecule has 1 saturated heterocycles. The first-order valence-corrected chi connectivity index (χ1v) is 12.8. The van der Waals surface area contributed by atoms with Crippen molar-refractivity contribution in [3.8, 4) is 6.07 Å². The normalized spacial score (nSPS) is 18.0. The van der Waals surface area contributed by atoms with Gasteiger partial charge in [0.05, 0.1) is 16.1 Å². The molecule has 3 atom stereocenters. The Morgan fingerprint density at radius 3 is 2.45 bits per heavy atom. The molecule has 198 valence electrons. The molecule has 1 heterocycles. The van der Waals surface area contributed by atoms with Crippen LogP contribution in [-0.4, -0.2) is 29.0 Å². The average Bonchev–Trinajstić information content (AvgIpc) is 3.38. The lowest BCUT2D eigenvalue weighted by atomic mass is 9.80. The Morgan fingerprint density at radius 1 is 1.11 bits per heavy atom. The van der Waals surface area contributed by atoms with Crippen LogP contribution in [0.4, 0.5) is 13.2 Å². The Hall–Kier alpha value is -3.34. The number of likely N-dealkylation sites (tertiary alicyclic amines) is 1. The first-order valence-electron chi connectivity index (χ1n) is 12.4. The third-order valence-corrected chi connectivity index (χ3v) is 7.70. The number of rotatable bonds is 7. The van der Waals surface area contributed by atoms with E-state index in [-0.39, 0.29) is 23.8 Å². The number of benzene rings is 3. The summed E-state index contributed by atoms with van der Waals surface area (Å²) >= 11 is 6.24. The van der Waals surface area contributed by atoms with Crippen LogP contribution in [0.5, 0.6) is 0 Å². The van der Waals surface area contributed by atoms with Crippen molar-refractivity contribution in [2.75, 3.05) is 13.1 Å². The number of nitrogens with zero attached hydrogens (tertiary/aromatic N) is 2. The van der Waals surface area contributed by atoms with E-state index in [1.807, 2.05) is 6.07 Å². The summed E-state index contributed by atoms with van der Waals surface area (Å²) in [6.07, 6.45) is -3.29. The van der Waals surface area contributed by atoms with Crippen LogP contribution < -0.4 is 0 Å². The van der Waals surface area contributed by atoms with Crippen LogP contribution >= 0.6 is 11.6 Å². The highest BCUT2D eigenvalue weighted by Gasteiger charge is 2.41. The highest BCUT2D eigenvalue weighted by atomic mass is 35.5. The van der Waals surface area contributed by atoms with Crippen molar-refractivity contribution < 1.29 is 23.1 Å². The van der Waals surface area contributed by atoms with Crippen LogP contribution in [0.2, 0.25) is 5.02 Å². The van der Waals surface area contributed by atoms with Gasteiger partial charge in [-0.05, 0) is 72.9 Å². The maximum Gasteiger partial charge on any atom is 0.416 e.